The molecule has 2 N–H and O–H groups in total. The lowest BCUT2D eigenvalue weighted by Crippen LogP contribution is -2.24. The Morgan fingerprint density at radius 3 is 2.67 bits per heavy atom. The number of nitrogens with zero attached hydrogens (tertiary/aromatic N) is 1. The number of aryl methyl sites for hydroxylation is 2. The van der Waals surface area contributed by atoms with Crippen LogP contribution in [0.5, 0.6) is 0 Å². The lowest BCUT2D eigenvalue weighted by Gasteiger charge is -2.11. The van der Waals surface area contributed by atoms with Crippen molar-refractivity contribution in [2.45, 2.75) is 27.3 Å². The summed E-state index contributed by atoms with van der Waals surface area (Å²) in [5.74, 6) is -0.0493. The van der Waals surface area contributed by atoms with Crippen molar-refractivity contribution in [2.75, 3.05) is 11.9 Å². The first-order chi connectivity index (χ1) is 10.1. The van der Waals surface area contributed by atoms with Gasteiger partial charge in [0.15, 0.2) is 0 Å². The van der Waals surface area contributed by atoms with Gasteiger partial charge in [-0.05, 0) is 61.7 Å². The lowest BCUT2D eigenvalue weighted by atomic mass is 10.1. The van der Waals surface area contributed by atoms with Gasteiger partial charge in [0.2, 0.25) is 0 Å². The molecule has 0 fully saturated rings. The summed E-state index contributed by atoms with van der Waals surface area (Å²) in [6, 6.07) is 7.72. The number of rotatable bonds is 5. The van der Waals surface area contributed by atoms with Gasteiger partial charge in [-0.2, -0.15) is 0 Å². The number of anilines is 1. The second-order valence-electron chi connectivity index (χ2n) is 5.04. The van der Waals surface area contributed by atoms with Gasteiger partial charge in [-0.3, -0.25) is 9.78 Å². The van der Waals surface area contributed by atoms with Crippen LogP contribution < -0.4 is 10.6 Å². The van der Waals surface area contributed by atoms with Gasteiger partial charge in [-0.15, -0.1) is 0 Å². The highest BCUT2D eigenvalue weighted by atomic mass is 16.1. The highest BCUT2D eigenvalue weighted by Gasteiger charge is 2.09. The average Bonchev–Trinajstić information content (AvgIpc) is 2.46. The minimum absolute atomic E-state index is 0.0493. The van der Waals surface area contributed by atoms with Crippen LogP contribution in [0.1, 0.15) is 34.0 Å². The first-order valence-corrected chi connectivity index (χ1v) is 7.14. The van der Waals surface area contributed by atoms with E-state index in [-0.39, 0.29) is 5.91 Å². The van der Waals surface area contributed by atoms with Crippen molar-refractivity contribution < 1.29 is 4.79 Å². The van der Waals surface area contributed by atoms with Gasteiger partial charge in [0.1, 0.15) is 0 Å². The molecule has 0 spiro atoms. The zero-order chi connectivity index (χ0) is 15.2. The normalized spacial score (nSPS) is 10.2. The third kappa shape index (κ3) is 3.81. The van der Waals surface area contributed by atoms with Crippen LogP contribution >= 0.6 is 0 Å². The van der Waals surface area contributed by atoms with Crippen molar-refractivity contribution in [3.8, 4) is 0 Å². The number of hydrogen-bond acceptors (Lipinski definition) is 3. The van der Waals surface area contributed by atoms with E-state index in [0.29, 0.717) is 12.1 Å². The fourth-order valence-corrected chi connectivity index (χ4v) is 2.20. The number of hydrogen-bond donors (Lipinski definition) is 2. The molecule has 0 saturated heterocycles. The van der Waals surface area contributed by atoms with Crippen molar-refractivity contribution >= 4 is 11.6 Å². The van der Waals surface area contributed by atoms with Crippen LogP contribution in [0.4, 0.5) is 5.69 Å². The summed E-state index contributed by atoms with van der Waals surface area (Å²) in [5, 5.41) is 6.20. The molecule has 110 valence electrons. The van der Waals surface area contributed by atoms with E-state index >= 15 is 0 Å². The highest BCUT2D eigenvalue weighted by Crippen LogP contribution is 2.15. The molecule has 4 nitrogen and oxygen atoms in total. The maximum absolute atomic E-state index is 12.3. The van der Waals surface area contributed by atoms with E-state index in [2.05, 4.69) is 15.6 Å². The van der Waals surface area contributed by atoms with E-state index in [1.54, 1.807) is 12.4 Å². The summed E-state index contributed by atoms with van der Waals surface area (Å²) in [6.07, 6.45) is 3.54. The molecule has 0 atom stereocenters. The lowest BCUT2D eigenvalue weighted by molar-refractivity contribution is 0.0950. The molecular weight excluding hydrogens is 262 g/mol. The molecule has 1 heterocycles. The minimum atomic E-state index is -0.0493. The third-order valence-corrected chi connectivity index (χ3v) is 3.43. The Morgan fingerprint density at radius 2 is 2.00 bits per heavy atom. The second kappa shape index (κ2) is 6.88. The van der Waals surface area contributed by atoms with Crippen molar-refractivity contribution in [1.82, 2.24) is 10.3 Å². The number of nitrogens with one attached hydrogen (secondary N) is 2. The molecule has 0 aliphatic rings. The zero-order valence-electron chi connectivity index (χ0n) is 12.7. The predicted octanol–water partition coefficient (Wildman–Crippen LogP) is 3.06. The molecule has 0 radical (unpaired) electrons. The fourth-order valence-electron chi connectivity index (χ4n) is 2.20. The summed E-state index contributed by atoms with van der Waals surface area (Å²) in [7, 11) is 0. The van der Waals surface area contributed by atoms with Crippen molar-refractivity contribution in [2.24, 2.45) is 0 Å². The molecule has 0 bridgehead atoms. The minimum Gasteiger partial charge on any atom is -0.385 e. The Balaban J connectivity index is 2.05. The van der Waals surface area contributed by atoms with Crippen LogP contribution in [0.3, 0.4) is 0 Å². The van der Waals surface area contributed by atoms with Gasteiger partial charge < -0.3 is 10.6 Å². The monoisotopic (exact) mass is 283 g/mol. The predicted molar refractivity (Wildman–Crippen MR) is 85.5 cm³/mol. The van der Waals surface area contributed by atoms with Crippen LogP contribution in [-0.4, -0.2) is 17.4 Å². The summed E-state index contributed by atoms with van der Waals surface area (Å²) >= 11 is 0. The summed E-state index contributed by atoms with van der Waals surface area (Å²) in [4.78, 5) is 16.3. The first-order valence-electron chi connectivity index (χ1n) is 7.14. The number of benzene rings is 1. The van der Waals surface area contributed by atoms with Gasteiger partial charge >= 0.3 is 0 Å². The van der Waals surface area contributed by atoms with Crippen LogP contribution in [0.25, 0.3) is 0 Å². The molecule has 0 aliphatic carbocycles. The Bertz CT molecular complexity index is 638. The molecule has 4 heteroatoms. The third-order valence-electron chi connectivity index (χ3n) is 3.43. The smallest absolute Gasteiger partial charge is 0.251 e. The molecule has 1 aromatic heterocycles. The SMILES string of the molecule is CCNc1ccc(C(=O)NCc2ccncc2C)c(C)c1. The van der Waals surface area contributed by atoms with Gasteiger partial charge in [-0.1, -0.05) is 0 Å². The van der Waals surface area contributed by atoms with Crippen LogP contribution in [0, 0.1) is 13.8 Å². The summed E-state index contributed by atoms with van der Waals surface area (Å²) in [5.41, 5.74) is 4.88. The maximum atomic E-state index is 12.3. The Kier molecular flexibility index (Phi) is 4.93. The first kappa shape index (κ1) is 15.0. The molecule has 21 heavy (non-hydrogen) atoms. The van der Waals surface area contributed by atoms with Gasteiger partial charge in [0, 0.05) is 36.7 Å². The van der Waals surface area contributed by atoms with Gasteiger partial charge in [0.05, 0.1) is 0 Å². The Hall–Kier alpha value is -2.36. The van der Waals surface area contributed by atoms with E-state index < -0.39 is 0 Å². The zero-order valence-corrected chi connectivity index (χ0v) is 12.7. The van der Waals surface area contributed by atoms with E-state index in [9.17, 15) is 4.79 Å². The van der Waals surface area contributed by atoms with E-state index in [1.807, 2.05) is 45.0 Å². The second-order valence-corrected chi connectivity index (χ2v) is 5.04. The van der Waals surface area contributed by atoms with E-state index in [4.69, 9.17) is 0 Å². The molecule has 2 rings (SSSR count). The van der Waals surface area contributed by atoms with Crippen molar-refractivity contribution in [1.29, 1.82) is 0 Å². The number of pyridine rings is 1. The number of carbonyl (C=O) groups is 1. The Morgan fingerprint density at radius 1 is 1.19 bits per heavy atom. The van der Waals surface area contributed by atoms with E-state index in [0.717, 1.165) is 28.9 Å². The molecular formula is C17H21N3O. The average molecular weight is 283 g/mol. The van der Waals surface area contributed by atoms with Crippen LogP contribution in [-0.2, 0) is 6.54 Å². The Labute approximate surface area is 125 Å². The largest absolute Gasteiger partial charge is 0.385 e. The number of amides is 1. The van der Waals surface area contributed by atoms with Crippen LogP contribution in [0.15, 0.2) is 36.7 Å². The van der Waals surface area contributed by atoms with Crippen molar-refractivity contribution in [3.63, 3.8) is 0 Å². The summed E-state index contributed by atoms with van der Waals surface area (Å²) < 4.78 is 0. The molecule has 0 unspecified atom stereocenters. The topological polar surface area (TPSA) is 54.0 Å². The summed E-state index contributed by atoms with van der Waals surface area (Å²) in [6.45, 7) is 7.37. The van der Waals surface area contributed by atoms with Crippen molar-refractivity contribution in [3.05, 3.63) is 58.9 Å². The van der Waals surface area contributed by atoms with Crippen LogP contribution in [0.2, 0.25) is 0 Å². The fraction of sp³-hybridized carbons (Fsp3) is 0.294. The van der Waals surface area contributed by atoms with E-state index in [1.165, 1.54) is 0 Å². The molecule has 0 aliphatic heterocycles. The molecule has 1 amide bonds. The number of carbonyl (C=O) groups excluding carboxylic acids is 1. The standard InChI is InChI=1S/C17H21N3O/c1-4-19-15-5-6-16(12(2)9-15)17(21)20-11-14-7-8-18-10-13(14)3/h5-10,19H,4,11H2,1-3H3,(H,20,21). The molecule has 1 aromatic carbocycles. The van der Waals surface area contributed by atoms with Gasteiger partial charge in [-0.25, -0.2) is 0 Å². The highest BCUT2D eigenvalue weighted by molar-refractivity contribution is 5.96. The molecule has 2 aromatic rings. The molecule has 0 saturated carbocycles. The van der Waals surface area contributed by atoms with Gasteiger partial charge in [0.25, 0.3) is 5.91 Å². The quantitative estimate of drug-likeness (QED) is 0.886. The maximum Gasteiger partial charge on any atom is 0.251 e. The number of aromatic nitrogens is 1.